The number of hydrogen-bond acceptors (Lipinski definition) is 3. The molecule has 0 radical (unpaired) electrons. The van der Waals surface area contributed by atoms with Crippen molar-refractivity contribution in [3.63, 3.8) is 0 Å². The fourth-order valence-corrected chi connectivity index (χ4v) is 3.80. The molecule has 2 aliphatic heterocycles. The van der Waals surface area contributed by atoms with E-state index in [2.05, 4.69) is 4.90 Å². The van der Waals surface area contributed by atoms with Gasteiger partial charge in [0, 0.05) is 32.1 Å². The summed E-state index contributed by atoms with van der Waals surface area (Å²) in [5, 5.41) is 0. The second kappa shape index (κ2) is 8.37. The average Bonchev–Trinajstić information content (AvgIpc) is 2.64. The Hall–Kier alpha value is -2.04. The van der Waals surface area contributed by atoms with Crippen LogP contribution in [0.5, 0.6) is 5.75 Å². The minimum absolute atomic E-state index is 0.174. The number of benzene rings is 1. The zero-order chi connectivity index (χ0) is 17.6. The van der Waals surface area contributed by atoms with Crippen LogP contribution in [0.3, 0.4) is 0 Å². The number of carbonyl (C=O) groups excluding carboxylic acids is 2. The van der Waals surface area contributed by atoms with Crippen LogP contribution in [0.2, 0.25) is 0 Å². The molecule has 0 bridgehead atoms. The van der Waals surface area contributed by atoms with E-state index in [9.17, 15) is 9.59 Å². The largest absolute Gasteiger partial charge is 0.494 e. The summed E-state index contributed by atoms with van der Waals surface area (Å²) in [4.78, 5) is 28.6. The van der Waals surface area contributed by atoms with Gasteiger partial charge in [0.15, 0.2) is 0 Å². The summed E-state index contributed by atoms with van der Waals surface area (Å²) in [6.07, 6.45) is 5.06. The highest BCUT2D eigenvalue weighted by atomic mass is 16.5. The molecule has 5 nitrogen and oxygen atoms in total. The Morgan fingerprint density at radius 3 is 2.48 bits per heavy atom. The number of ether oxygens (including phenoxy) is 1. The van der Waals surface area contributed by atoms with E-state index >= 15 is 0 Å². The van der Waals surface area contributed by atoms with Gasteiger partial charge in [0.05, 0.1) is 13.0 Å². The predicted molar refractivity (Wildman–Crippen MR) is 96.5 cm³/mol. The van der Waals surface area contributed by atoms with Crippen LogP contribution >= 0.6 is 0 Å². The van der Waals surface area contributed by atoms with Crippen LogP contribution < -0.4 is 4.74 Å². The topological polar surface area (TPSA) is 49.9 Å². The van der Waals surface area contributed by atoms with E-state index in [4.69, 9.17) is 4.74 Å². The second-order valence-electron chi connectivity index (χ2n) is 6.91. The lowest BCUT2D eigenvalue weighted by atomic mass is 9.99. The van der Waals surface area contributed by atoms with Crippen molar-refractivity contribution < 1.29 is 14.3 Å². The SMILES string of the molecule is CCOc1ccc(CC(=O)N2CCC(N3CCCCC3=O)CC2)cc1. The molecule has 5 heteroatoms. The summed E-state index contributed by atoms with van der Waals surface area (Å²) < 4.78 is 5.43. The van der Waals surface area contributed by atoms with Gasteiger partial charge in [-0.3, -0.25) is 9.59 Å². The van der Waals surface area contributed by atoms with E-state index in [0.717, 1.165) is 56.6 Å². The van der Waals surface area contributed by atoms with E-state index in [1.54, 1.807) is 0 Å². The Kier molecular flexibility index (Phi) is 5.95. The normalized spacial score (nSPS) is 19.2. The Morgan fingerprint density at radius 2 is 1.84 bits per heavy atom. The number of piperidine rings is 2. The van der Waals surface area contributed by atoms with Crippen molar-refractivity contribution >= 4 is 11.8 Å². The maximum atomic E-state index is 12.5. The fraction of sp³-hybridized carbons (Fsp3) is 0.600. The van der Waals surface area contributed by atoms with E-state index in [1.165, 1.54) is 0 Å². The van der Waals surface area contributed by atoms with Crippen molar-refractivity contribution in [2.75, 3.05) is 26.2 Å². The van der Waals surface area contributed by atoms with Crippen molar-refractivity contribution in [1.29, 1.82) is 0 Å². The van der Waals surface area contributed by atoms with Crippen LogP contribution in [-0.4, -0.2) is 53.9 Å². The van der Waals surface area contributed by atoms with Crippen molar-refractivity contribution in [3.8, 4) is 5.75 Å². The highest BCUT2D eigenvalue weighted by molar-refractivity contribution is 5.79. The number of likely N-dealkylation sites (tertiary alicyclic amines) is 2. The van der Waals surface area contributed by atoms with Gasteiger partial charge in [-0.1, -0.05) is 12.1 Å². The highest BCUT2D eigenvalue weighted by Crippen LogP contribution is 2.22. The number of rotatable bonds is 5. The number of nitrogens with zero attached hydrogens (tertiary/aromatic N) is 2. The average molecular weight is 344 g/mol. The maximum Gasteiger partial charge on any atom is 0.226 e. The molecule has 2 aliphatic rings. The van der Waals surface area contributed by atoms with Crippen molar-refractivity contribution in [2.24, 2.45) is 0 Å². The van der Waals surface area contributed by atoms with Gasteiger partial charge >= 0.3 is 0 Å². The second-order valence-corrected chi connectivity index (χ2v) is 6.91. The molecule has 0 N–H and O–H groups in total. The van der Waals surface area contributed by atoms with Crippen molar-refractivity contribution in [3.05, 3.63) is 29.8 Å². The Balaban J connectivity index is 1.48. The summed E-state index contributed by atoms with van der Waals surface area (Å²) >= 11 is 0. The first kappa shape index (κ1) is 17.8. The molecule has 25 heavy (non-hydrogen) atoms. The van der Waals surface area contributed by atoms with Crippen molar-refractivity contribution in [2.45, 2.75) is 51.5 Å². The molecule has 0 unspecified atom stereocenters. The van der Waals surface area contributed by atoms with Crippen LogP contribution in [0, 0.1) is 0 Å². The lowest BCUT2D eigenvalue weighted by molar-refractivity contribution is -0.138. The summed E-state index contributed by atoms with van der Waals surface area (Å²) in [5.41, 5.74) is 1.02. The number of carbonyl (C=O) groups is 2. The quantitative estimate of drug-likeness (QED) is 0.825. The molecule has 0 saturated carbocycles. The van der Waals surface area contributed by atoms with Crippen LogP contribution in [0.15, 0.2) is 24.3 Å². The van der Waals surface area contributed by atoms with E-state index in [0.29, 0.717) is 31.4 Å². The van der Waals surface area contributed by atoms with Crippen molar-refractivity contribution in [1.82, 2.24) is 9.80 Å². The molecule has 1 aromatic carbocycles. The molecular weight excluding hydrogens is 316 g/mol. The predicted octanol–water partition coefficient (Wildman–Crippen LogP) is 2.63. The molecule has 0 atom stereocenters. The van der Waals surface area contributed by atoms with E-state index in [1.807, 2.05) is 36.1 Å². The van der Waals surface area contributed by atoms with E-state index < -0.39 is 0 Å². The van der Waals surface area contributed by atoms with Gasteiger partial charge < -0.3 is 14.5 Å². The van der Waals surface area contributed by atoms with Gasteiger partial charge in [0.2, 0.25) is 11.8 Å². The maximum absolute atomic E-state index is 12.5. The molecule has 3 rings (SSSR count). The first-order valence-corrected chi connectivity index (χ1v) is 9.46. The molecule has 2 saturated heterocycles. The van der Waals surface area contributed by atoms with Crippen LogP contribution in [0.4, 0.5) is 0 Å². The minimum Gasteiger partial charge on any atom is -0.494 e. The molecule has 2 heterocycles. The molecule has 2 amide bonds. The summed E-state index contributed by atoms with van der Waals surface area (Å²) in [6.45, 7) is 5.00. The summed E-state index contributed by atoms with van der Waals surface area (Å²) in [6, 6.07) is 8.08. The third-order valence-electron chi connectivity index (χ3n) is 5.21. The number of hydrogen-bond donors (Lipinski definition) is 0. The molecule has 2 fully saturated rings. The van der Waals surface area contributed by atoms with Crippen LogP contribution in [-0.2, 0) is 16.0 Å². The van der Waals surface area contributed by atoms with Gasteiger partial charge in [-0.05, 0) is 50.3 Å². The first-order valence-electron chi connectivity index (χ1n) is 9.46. The number of amides is 2. The van der Waals surface area contributed by atoms with Crippen LogP contribution in [0.1, 0.15) is 44.6 Å². The lowest BCUT2D eigenvalue weighted by Crippen LogP contribution is -2.50. The third kappa shape index (κ3) is 4.53. The summed E-state index contributed by atoms with van der Waals surface area (Å²) in [7, 11) is 0. The lowest BCUT2D eigenvalue weighted by Gasteiger charge is -2.40. The smallest absolute Gasteiger partial charge is 0.226 e. The molecule has 136 valence electrons. The van der Waals surface area contributed by atoms with Gasteiger partial charge in [-0.2, -0.15) is 0 Å². The first-order chi connectivity index (χ1) is 12.2. The van der Waals surface area contributed by atoms with Crippen LogP contribution in [0.25, 0.3) is 0 Å². The minimum atomic E-state index is 0.174. The molecule has 0 aromatic heterocycles. The van der Waals surface area contributed by atoms with Gasteiger partial charge in [0.25, 0.3) is 0 Å². The third-order valence-corrected chi connectivity index (χ3v) is 5.21. The Bertz CT molecular complexity index is 591. The molecular formula is C20H28N2O3. The highest BCUT2D eigenvalue weighted by Gasteiger charge is 2.30. The standard InChI is InChI=1S/C20H28N2O3/c1-2-25-18-8-6-16(7-9-18)15-20(24)21-13-10-17(11-14-21)22-12-4-3-5-19(22)23/h6-9,17H,2-5,10-15H2,1H3. The molecule has 1 aromatic rings. The zero-order valence-corrected chi connectivity index (χ0v) is 15.1. The summed E-state index contributed by atoms with van der Waals surface area (Å²) in [5.74, 6) is 1.31. The molecule has 0 aliphatic carbocycles. The van der Waals surface area contributed by atoms with Gasteiger partial charge in [0.1, 0.15) is 5.75 Å². The monoisotopic (exact) mass is 344 g/mol. The van der Waals surface area contributed by atoms with Gasteiger partial charge in [-0.15, -0.1) is 0 Å². The van der Waals surface area contributed by atoms with Gasteiger partial charge in [-0.25, -0.2) is 0 Å². The van der Waals surface area contributed by atoms with E-state index in [-0.39, 0.29) is 5.91 Å². The Morgan fingerprint density at radius 1 is 1.12 bits per heavy atom. The fourth-order valence-electron chi connectivity index (χ4n) is 3.80. The zero-order valence-electron chi connectivity index (χ0n) is 15.1. The molecule has 0 spiro atoms. The Labute approximate surface area is 149 Å².